The molecule has 2 aliphatic rings. The molecule has 0 radical (unpaired) electrons. The monoisotopic (exact) mass is 1070 g/mol. The molecule has 14 nitrogen and oxygen atoms in total. The van der Waals surface area contributed by atoms with Crippen LogP contribution in [0.1, 0.15) is 86.3 Å². The summed E-state index contributed by atoms with van der Waals surface area (Å²) in [6, 6.07) is 9.91. The van der Waals surface area contributed by atoms with E-state index < -0.39 is 29.2 Å². The fourth-order valence-electron chi connectivity index (χ4n) is 7.96. The summed E-state index contributed by atoms with van der Waals surface area (Å²) in [5.74, 6) is 0.0653. The zero-order valence-corrected chi connectivity index (χ0v) is 44.5. The first-order chi connectivity index (χ1) is 33.7. The van der Waals surface area contributed by atoms with Crippen LogP contribution in [0.25, 0.3) is 22.3 Å². The molecule has 0 aliphatic carbocycles. The SMILES string of the molecule is CN(C)C(=O)Cl.Cc1ncc(-c2cnn(C3CCN(C(=O)N(C)C)CC3)c2)cc1OC(C)c1c(Cl)ccc(F)c1Cl.Cc1ncc(-c2cnn(C3CCNCC3)c2)cc1OC(C)c1c(Cl)ccc(F)c1Cl. The molecular weight excluding hydrogens is 1020 g/mol. The number of hydrogen-bond acceptors (Lipinski definition) is 9. The van der Waals surface area contributed by atoms with Gasteiger partial charge in [-0.25, -0.2) is 13.6 Å². The summed E-state index contributed by atoms with van der Waals surface area (Å²) in [4.78, 5) is 35.7. The van der Waals surface area contributed by atoms with E-state index in [1.807, 2.05) is 52.6 Å². The maximum atomic E-state index is 14.0. The van der Waals surface area contributed by atoms with E-state index in [2.05, 4.69) is 31.7 Å². The van der Waals surface area contributed by atoms with Gasteiger partial charge in [0.2, 0.25) is 0 Å². The summed E-state index contributed by atoms with van der Waals surface area (Å²) < 4.78 is 44.1. The molecule has 21 heteroatoms. The number of likely N-dealkylation sites (tertiary alicyclic amines) is 1. The number of carbonyl (C=O) groups is 2. The van der Waals surface area contributed by atoms with E-state index in [9.17, 15) is 18.4 Å². The fourth-order valence-corrected chi connectivity index (χ4v) is 9.32. The van der Waals surface area contributed by atoms with Crippen LogP contribution < -0.4 is 14.8 Å². The molecule has 1 N–H and O–H groups in total. The zero-order valence-electron chi connectivity index (χ0n) is 40.7. The molecule has 2 unspecified atom stereocenters. The Hall–Kier alpha value is -5.23. The minimum Gasteiger partial charge on any atom is -0.484 e. The number of carbonyl (C=O) groups excluding carboxylic acids is 2. The maximum absolute atomic E-state index is 14.0. The van der Waals surface area contributed by atoms with E-state index in [4.69, 9.17) is 67.5 Å². The first kappa shape index (κ1) is 55.1. The fraction of sp³-hybridized carbons (Fsp3) is 0.400. The Kier molecular flexibility index (Phi) is 19.4. The van der Waals surface area contributed by atoms with Crippen LogP contribution >= 0.6 is 58.0 Å². The standard InChI is InChI=1S/C25H28Cl2FN5O2.C22H23Cl2FN4O.C3H6ClNO/c1-15-22(35-16(2)23-20(26)5-6-21(28)24(23)27)11-17(12-29-15)18-13-30-33(14-18)19-7-9-32(10-8-19)25(34)31(3)4;1-13-20(30-14(2)21-18(23)3-4-19(25)22(21)24)9-15(10-27-13)16-11-28-29(12-16)17-5-7-26-8-6-17;1-5(2)3(4)6/h5-6,11-14,16,19H,7-10H2,1-4H3;3-4,9-12,14,17,26H,5-8H2,1-2H3;1-2H3. The third-order valence-corrected chi connectivity index (χ3v) is 13.8. The average Bonchev–Trinajstić information content (AvgIpc) is 4.06. The van der Waals surface area contributed by atoms with Gasteiger partial charge in [-0.15, -0.1) is 0 Å². The third kappa shape index (κ3) is 14.1. The first-order valence-corrected chi connectivity index (χ1v) is 24.8. The molecule has 2 fully saturated rings. The number of piperidine rings is 2. The number of nitrogens with zero attached hydrogens (tertiary/aromatic N) is 9. The highest BCUT2D eigenvalue weighted by molar-refractivity contribution is 6.62. The number of aromatic nitrogens is 6. The molecule has 3 amide bonds. The van der Waals surface area contributed by atoms with Crippen molar-refractivity contribution in [2.24, 2.45) is 0 Å². The van der Waals surface area contributed by atoms with Crippen LogP contribution in [0.4, 0.5) is 18.4 Å². The van der Waals surface area contributed by atoms with Crippen molar-refractivity contribution in [2.45, 2.75) is 77.7 Å². The van der Waals surface area contributed by atoms with Gasteiger partial charge in [0.1, 0.15) is 35.3 Å². The molecule has 0 spiro atoms. The molecule has 380 valence electrons. The molecular formula is C50H57Cl5F2N10O4. The third-order valence-electron chi connectivity index (χ3n) is 12.1. The number of halogens is 7. The number of rotatable bonds is 10. The normalized spacial score (nSPS) is 14.9. The van der Waals surface area contributed by atoms with Crippen molar-refractivity contribution in [3.05, 3.63) is 128 Å². The average molecular weight is 1080 g/mol. The second-order valence-corrected chi connectivity index (χ2v) is 19.5. The molecule has 6 aromatic rings. The topological polar surface area (TPSA) is 136 Å². The van der Waals surface area contributed by atoms with E-state index in [0.29, 0.717) is 57.5 Å². The predicted molar refractivity (Wildman–Crippen MR) is 276 cm³/mol. The van der Waals surface area contributed by atoms with Crippen molar-refractivity contribution in [2.75, 3.05) is 54.4 Å². The minimum atomic E-state index is -0.584. The number of hydrogen-bond donors (Lipinski definition) is 1. The maximum Gasteiger partial charge on any atom is 0.319 e. The molecule has 2 aromatic carbocycles. The van der Waals surface area contributed by atoms with Crippen LogP contribution in [0, 0.1) is 25.5 Å². The lowest BCUT2D eigenvalue weighted by Crippen LogP contribution is -2.44. The number of nitrogens with one attached hydrogen (secondary N) is 1. The second-order valence-electron chi connectivity index (χ2n) is 17.6. The largest absolute Gasteiger partial charge is 0.484 e. The summed E-state index contributed by atoms with van der Waals surface area (Å²) in [6.45, 7) is 10.7. The van der Waals surface area contributed by atoms with E-state index in [-0.39, 0.29) is 22.1 Å². The van der Waals surface area contributed by atoms with Crippen molar-refractivity contribution >= 4 is 69.4 Å². The van der Waals surface area contributed by atoms with Gasteiger partial charge in [-0.1, -0.05) is 46.4 Å². The molecule has 2 saturated heterocycles. The number of amides is 3. The smallest absolute Gasteiger partial charge is 0.319 e. The van der Waals surface area contributed by atoms with Crippen LogP contribution in [-0.4, -0.2) is 110 Å². The molecule has 2 aliphatic heterocycles. The molecule has 6 heterocycles. The van der Waals surface area contributed by atoms with Gasteiger partial charge in [-0.3, -0.25) is 24.1 Å². The lowest BCUT2D eigenvalue weighted by Gasteiger charge is -2.33. The van der Waals surface area contributed by atoms with Gasteiger partial charge in [-0.05, 0) is 114 Å². The van der Waals surface area contributed by atoms with Gasteiger partial charge in [-0.2, -0.15) is 10.2 Å². The van der Waals surface area contributed by atoms with Crippen molar-refractivity contribution in [1.29, 1.82) is 0 Å². The summed E-state index contributed by atoms with van der Waals surface area (Å²) in [7, 11) is 6.72. The number of urea groups is 1. The Morgan fingerprint density at radius 2 is 1.07 bits per heavy atom. The molecule has 71 heavy (non-hydrogen) atoms. The Morgan fingerprint density at radius 3 is 1.46 bits per heavy atom. The van der Waals surface area contributed by atoms with Gasteiger partial charge in [0.05, 0.1) is 45.9 Å². The zero-order chi connectivity index (χ0) is 51.7. The van der Waals surface area contributed by atoms with E-state index in [1.54, 1.807) is 65.5 Å². The van der Waals surface area contributed by atoms with Crippen molar-refractivity contribution < 1.29 is 27.8 Å². The summed E-state index contributed by atoms with van der Waals surface area (Å²) in [5.41, 5.74) is 5.85. The van der Waals surface area contributed by atoms with Gasteiger partial charge >= 0.3 is 11.4 Å². The lowest BCUT2D eigenvalue weighted by atomic mass is 10.1. The summed E-state index contributed by atoms with van der Waals surface area (Å²) in [6.07, 6.45) is 14.0. The van der Waals surface area contributed by atoms with Crippen molar-refractivity contribution in [3.8, 4) is 33.8 Å². The van der Waals surface area contributed by atoms with Crippen LogP contribution in [-0.2, 0) is 0 Å². The quantitative estimate of drug-likeness (QED) is 0.0808. The van der Waals surface area contributed by atoms with Gasteiger partial charge in [0.25, 0.3) is 0 Å². The van der Waals surface area contributed by atoms with E-state index in [0.717, 1.165) is 66.7 Å². The Labute approximate surface area is 438 Å². The number of pyridine rings is 2. The van der Waals surface area contributed by atoms with Crippen LogP contribution in [0.2, 0.25) is 20.1 Å². The Balaban J connectivity index is 0.000000210. The van der Waals surface area contributed by atoms with Gasteiger partial charge in [0, 0.05) is 109 Å². The van der Waals surface area contributed by atoms with Crippen molar-refractivity contribution in [1.82, 2.24) is 49.5 Å². The van der Waals surface area contributed by atoms with Crippen LogP contribution in [0.5, 0.6) is 11.5 Å². The van der Waals surface area contributed by atoms with Gasteiger partial charge in [0.15, 0.2) is 0 Å². The first-order valence-electron chi connectivity index (χ1n) is 22.9. The Bertz CT molecular complexity index is 2800. The second kappa shape index (κ2) is 24.9. The molecule has 0 bridgehead atoms. The highest BCUT2D eigenvalue weighted by Crippen LogP contribution is 2.38. The highest BCUT2D eigenvalue weighted by Gasteiger charge is 2.26. The summed E-state index contributed by atoms with van der Waals surface area (Å²) in [5, 5.41) is 12.7. The van der Waals surface area contributed by atoms with E-state index >= 15 is 0 Å². The molecule has 4 aromatic heterocycles. The molecule has 8 rings (SSSR count). The van der Waals surface area contributed by atoms with E-state index in [1.165, 1.54) is 29.2 Å². The number of ether oxygens (including phenoxy) is 2. The Morgan fingerprint density at radius 1 is 0.662 bits per heavy atom. The molecule has 2 atom stereocenters. The van der Waals surface area contributed by atoms with Crippen LogP contribution in [0.3, 0.4) is 0 Å². The van der Waals surface area contributed by atoms with Crippen molar-refractivity contribution in [3.63, 3.8) is 0 Å². The number of benzene rings is 2. The lowest BCUT2D eigenvalue weighted by molar-refractivity contribution is 0.146. The predicted octanol–water partition coefficient (Wildman–Crippen LogP) is 12.8. The van der Waals surface area contributed by atoms with Gasteiger partial charge < -0.3 is 29.5 Å². The summed E-state index contributed by atoms with van der Waals surface area (Å²) >= 11 is 29.7. The highest BCUT2D eigenvalue weighted by atomic mass is 35.5. The molecule has 0 saturated carbocycles. The minimum absolute atomic E-state index is 0.0278. The van der Waals surface area contributed by atoms with Crippen LogP contribution in [0.15, 0.2) is 73.6 Å². The number of aryl methyl sites for hydroxylation is 2.